The van der Waals surface area contributed by atoms with Crippen LogP contribution < -0.4 is 10.9 Å². The number of aromatic nitrogens is 2. The zero-order chi connectivity index (χ0) is 16.9. The molecule has 0 unspecified atom stereocenters. The second-order valence-corrected chi connectivity index (χ2v) is 6.32. The summed E-state index contributed by atoms with van der Waals surface area (Å²) in [5.74, 6) is 0.947. The van der Waals surface area contributed by atoms with Crippen molar-refractivity contribution < 1.29 is 9.53 Å². The van der Waals surface area contributed by atoms with E-state index in [4.69, 9.17) is 4.74 Å². The molecule has 1 aromatic carbocycles. The zero-order valence-electron chi connectivity index (χ0n) is 14.1. The normalized spacial score (nSPS) is 11.3. The molecule has 0 aliphatic rings. The van der Waals surface area contributed by atoms with Crippen LogP contribution in [-0.4, -0.2) is 27.8 Å². The first-order chi connectivity index (χ1) is 10.8. The van der Waals surface area contributed by atoms with Crippen molar-refractivity contribution in [1.82, 2.24) is 20.4 Å². The molecule has 0 saturated heterocycles. The second kappa shape index (κ2) is 7.28. The number of imidazole rings is 1. The summed E-state index contributed by atoms with van der Waals surface area (Å²) in [6.07, 6.45) is 2.22. The van der Waals surface area contributed by atoms with Crippen LogP contribution in [0.15, 0.2) is 36.5 Å². The van der Waals surface area contributed by atoms with Crippen LogP contribution in [-0.2, 0) is 18.2 Å². The molecule has 124 valence electrons. The van der Waals surface area contributed by atoms with E-state index < -0.39 is 11.7 Å². The van der Waals surface area contributed by atoms with E-state index in [0.29, 0.717) is 13.0 Å². The van der Waals surface area contributed by atoms with E-state index in [0.717, 1.165) is 17.1 Å². The summed E-state index contributed by atoms with van der Waals surface area (Å²) in [7, 11) is 1.97. The van der Waals surface area contributed by atoms with Gasteiger partial charge in [0.25, 0.3) is 0 Å². The van der Waals surface area contributed by atoms with E-state index in [1.165, 1.54) is 0 Å². The first-order valence-corrected chi connectivity index (χ1v) is 7.65. The van der Waals surface area contributed by atoms with Gasteiger partial charge in [-0.15, -0.1) is 0 Å². The van der Waals surface area contributed by atoms with Gasteiger partial charge >= 0.3 is 6.09 Å². The Balaban J connectivity index is 1.83. The summed E-state index contributed by atoms with van der Waals surface area (Å²) >= 11 is 0. The van der Waals surface area contributed by atoms with Crippen molar-refractivity contribution in [2.45, 2.75) is 32.8 Å². The van der Waals surface area contributed by atoms with Crippen LogP contribution >= 0.6 is 0 Å². The topological polar surface area (TPSA) is 68.2 Å². The number of ether oxygens (including phenoxy) is 1. The first kappa shape index (κ1) is 17.0. The molecular weight excluding hydrogens is 292 g/mol. The summed E-state index contributed by atoms with van der Waals surface area (Å²) in [6.45, 7) is 6.04. The third-order valence-electron chi connectivity index (χ3n) is 3.11. The Labute approximate surface area is 136 Å². The Hall–Kier alpha value is -2.34. The van der Waals surface area contributed by atoms with Crippen molar-refractivity contribution in [3.63, 3.8) is 0 Å². The van der Waals surface area contributed by atoms with Gasteiger partial charge in [-0.05, 0) is 20.8 Å². The summed E-state index contributed by atoms with van der Waals surface area (Å²) in [6, 6.07) is 10.1. The van der Waals surface area contributed by atoms with E-state index in [2.05, 4.69) is 15.8 Å². The van der Waals surface area contributed by atoms with E-state index >= 15 is 0 Å². The Morgan fingerprint density at radius 2 is 1.96 bits per heavy atom. The van der Waals surface area contributed by atoms with Crippen molar-refractivity contribution in [3.05, 3.63) is 42.4 Å². The molecule has 1 heterocycles. The molecule has 0 fully saturated rings. The minimum atomic E-state index is -0.504. The highest BCUT2D eigenvalue weighted by Crippen LogP contribution is 2.17. The largest absolute Gasteiger partial charge is 0.443 e. The van der Waals surface area contributed by atoms with Crippen LogP contribution in [0, 0.1) is 0 Å². The Morgan fingerprint density at radius 3 is 2.61 bits per heavy atom. The van der Waals surface area contributed by atoms with Crippen LogP contribution in [0.2, 0.25) is 0 Å². The number of carbonyl (C=O) groups is 1. The van der Waals surface area contributed by atoms with Gasteiger partial charge in [0.2, 0.25) is 0 Å². The van der Waals surface area contributed by atoms with Gasteiger partial charge in [-0.3, -0.25) is 5.43 Å². The van der Waals surface area contributed by atoms with Crippen LogP contribution in [0.1, 0.15) is 26.6 Å². The van der Waals surface area contributed by atoms with Gasteiger partial charge in [0.05, 0.1) is 5.69 Å². The molecule has 1 aromatic heterocycles. The quantitative estimate of drug-likeness (QED) is 0.657. The Bertz CT molecular complexity index is 644. The number of aryl methyl sites for hydroxylation is 1. The monoisotopic (exact) mass is 316 g/mol. The molecule has 0 spiro atoms. The molecule has 2 N–H and O–H groups in total. The number of rotatable bonds is 5. The molecule has 1 amide bonds. The fourth-order valence-electron chi connectivity index (χ4n) is 2.10. The number of carbonyl (C=O) groups excluding carboxylic acids is 1. The van der Waals surface area contributed by atoms with Gasteiger partial charge < -0.3 is 9.30 Å². The molecule has 0 bridgehead atoms. The van der Waals surface area contributed by atoms with Crippen LogP contribution in [0.4, 0.5) is 4.79 Å². The predicted molar refractivity (Wildman–Crippen MR) is 89.7 cm³/mol. The third kappa shape index (κ3) is 5.41. The van der Waals surface area contributed by atoms with Crippen LogP contribution in [0.25, 0.3) is 11.3 Å². The van der Waals surface area contributed by atoms with Gasteiger partial charge in [-0.2, -0.15) is 0 Å². The summed E-state index contributed by atoms with van der Waals surface area (Å²) in [5, 5.41) is 0. The zero-order valence-corrected chi connectivity index (χ0v) is 14.1. The molecule has 23 heavy (non-hydrogen) atoms. The minimum Gasteiger partial charge on any atom is -0.443 e. The summed E-state index contributed by atoms with van der Waals surface area (Å²) < 4.78 is 7.14. The molecule has 0 atom stereocenters. The predicted octanol–water partition coefficient (Wildman–Crippen LogP) is 2.66. The first-order valence-electron chi connectivity index (χ1n) is 7.65. The molecule has 2 rings (SSSR count). The summed E-state index contributed by atoms with van der Waals surface area (Å²) in [4.78, 5) is 16.1. The van der Waals surface area contributed by atoms with E-state index in [-0.39, 0.29) is 0 Å². The number of nitrogens with zero attached hydrogens (tertiary/aromatic N) is 2. The van der Waals surface area contributed by atoms with Crippen molar-refractivity contribution in [2.75, 3.05) is 6.54 Å². The van der Waals surface area contributed by atoms with E-state index in [9.17, 15) is 4.79 Å². The number of hydrogen-bond donors (Lipinski definition) is 2. The maximum Gasteiger partial charge on any atom is 0.422 e. The maximum atomic E-state index is 11.5. The molecule has 2 aromatic rings. The van der Waals surface area contributed by atoms with E-state index in [1.807, 2.05) is 68.9 Å². The highest BCUT2D eigenvalue weighted by Gasteiger charge is 2.15. The SMILES string of the molecule is Cn1cc(-c2ccccc2)nc1CCNNC(=O)OC(C)(C)C. The number of nitrogens with one attached hydrogen (secondary N) is 2. The lowest BCUT2D eigenvalue weighted by Crippen LogP contribution is -2.42. The molecule has 0 aliphatic carbocycles. The number of amides is 1. The van der Waals surface area contributed by atoms with Gasteiger partial charge in [-0.1, -0.05) is 30.3 Å². The van der Waals surface area contributed by atoms with Crippen molar-refractivity contribution in [2.24, 2.45) is 7.05 Å². The Kier molecular flexibility index (Phi) is 5.39. The van der Waals surface area contributed by atoms with Gasteiger partial charge in [0.1, 0.15) is 11.4 Å². The van der Waals surface area contributed by atoms with Crippen LogP contribution in [0.3, 0.4) is 0 Å². The number of benzene rings is 1. The molecule has 0 aliphatic heterocycles. The average Bonchev–Trinajstić information content (AvgIpc) is 2.84. The molecule has 6 nitrogen and oxygen atoms in total. The van der Waals surface area contributed by atoms with Gasteiger partial charge in [0, 0.05) is 31.8 Å². The van der Waals surface area contributed by atoms with Crippen molar-refractivity contribution in [1.29, 1.82) is 0 Å². The lowest BCUT2D eigenvalue weighted by molar-refractivity contribution is 0.0498. The van der Waals surface area contributed by atoms with E-state index in [1.54, 1.807) is 0 Å². The molecular formula is C17H24N4O2. The summed E-state index contributed by atoms with van der Waals surface area (Å²) in [5.41, 5.74) is 6.91. The third-order valence-corrected chi connectivity index (χ3v) is 3.11. The van der Waals surface area contributed by atoms with Crippen LogP contribution in [0.5, 0.6) is 0 Å². The lowest BCUT2D eigenvalue weighted by atomic mass is 10.2. The smallest absolute Gasteiger partial charge is 0.422 e. The highest BCUT2D eigenvalue weighted by atomic mass is 16.6. The van der Waals surface area contributed by atoms with Gasteiger partial charge in [0.15, 0.2) is 0 Å². The molecule has 6 heteroatoms. The Morgan fingerprint density at radius 1 is 1.26 bits per heavy atom. The van der Waals surface area contributed by atoms with Gasteiger partial charge in [-0.25, -0.2) is 15.2 Å². The standard InChI is InChI=1S/C17H24N4O2/c1-17(2,3)23-16(22)20-18-11-10-15-19-14(12-21(15)4)13-8-6-5-7-9-13/h5-9,12,18H,10-11H2,1-4H3,(H,20,22). The van der Waals surface area contributed by atoms with Crippen molar-refractivity contribution >= 4 is 6.09 Å². The maximum absolute atomic E-state index is 11.5. The number of hydrogen-bond acceptors (Lipinski definition) is 4. The second-order valence-electron chi connectivity index (χ2n) is 6.32. The molecule has 0 saturated carbocycles. The highest BCUT2D eigenvalue weighted by molar-refractivity contribution is 5.66. The fourth-order valence-corrected chi connectivity index (χ4v) is 2.10. The average molecular weight is 316 g/mol. The molecule has 0 radical (unpaired) electrons. The fraction of sp³-hybridized carbons (Fsp3) is 0.412. The number of hydrazine groups is 1. The lowest BCUT2D eigenvalue weighted by Gasteiger charge is -2.19. The minimum absolute atomic E-state index is 0.484. The van der Waals surface area contributed by atoms with Crippen molar-refractivity contribution in [3.8, 4) is 11.3 Å².